The lowest BCUT2D eigenvalue weighted by Gasteiger charge is -1.88. The topological polar surface area (TPSA) is 56.5 Å². The highest BCUT2D eigenvalue weighted by molar-refractivity contribution is 7.08. The molecule has 2 heterocycles. The number of aromatic nitrogens is 5. The molecule has 0 amide bonds. The van der Waals surface area contributed by atoms with Crippen molar-refractivity contribution in [1.29, 1.82) is 0 Å². The summed E-state index contributed by atoms with van der Waals surface area (Å²) in [4.78, 5) is 8.16. The molecule has 5 nitrogen and oxygen atoms in total. The summed E-state index contributed by atoms with van der Waals surface area (Å²) in [6.45, 7) is 3.69. The van der Waals surface area contributed by atoms with Gasteiger partial charge in [0, 0.05) is 11.5 Å². The smallest absolute Gasteiger partial charge is 0.220 e. The zero-order chi connectivity index (χ0) is 8.55. The molecule has 12 heavy (non-hydrogen) atoms. The molecule has 6 heteroatoms. The molecule has 62 valence electrons. The van der Waals surface area contributed by atoms with E-state index in [4.69, 9.17) is 0 Å². The third kappa shape index (κ3) is 1.20. The van der Waals surface area contributed by atoms with Gasteiger partial charge < -0.3 is 0 Å². The van der Waals surface area contributed by atoms with E-state index in [1.54, 1.807) is 11.0 Å². The van der Waals surface area contributed by atoms with Gasteiger partial charge in [-0.2, -0.15) is 9.06 Å². The Bertz CT molecular complexity index is 352. The van der Waals surface area contributed by atoms with Crippen molar-refractivity contribution >= 4 is 11.5 Å². The highest BCUT2D eigenvalue weighted by atomic mass is 32.1. The fourth-order valence-electron chi connectivity index (χ4n) is 0.817. The van der Waals surface area contributed by atoms with E-state index in [0.29, 0.717) is 0 Å². The maximum Gasteiger partial charge on any atom is 0.231 e. The first kappa shape index (κ1) is 7.35. The second-order valence-corrected chi connectivity index (χ2v) is 3.09. The van der Waals surface area contributed by atoms with Crippen LogP contribution < -0.4 is 0 Å². The summed E-state index contributed by atoms with van der Waals surface area (Å²) in [6.07, 6.45) is 1.63. The Morgan fingerprint density at radius 3 is 2.67 bits per heavy atom. The van der Waals surface area contributed by atoms with Crippen LogP contribution in [0.25, 0.3) is 5.13 Å². The van der Waals surface area contributed by atoms with Crippen LogP contribution in [0.5, 0.6) is 0 Å². The summed E-state index contributed by atoms with van der Waals surface area (Å²) >= 11 is 1.32. The van der Waals surface area contributed by atoms with Gasteiger partial charge in [-0.05, 0) is 13.8 Å². The molecule has 0 aliphatic heterocycles. The van der Waals surface area contributed by atoms with Crippen molar-refractivity contribution in [2.24, 2.45) is 0 Å². The van der Waals surface area contributed by atoms with Crippen molar-refractivity contribution in [2.45, 2.75) is 13.8 Å². The first-order valence-corrected chi connectivity index (χ1v) is 4.22. The molecule has 0 N–H and O–H groups in total. The first-order valence-electron chi connectivity index (χ1n) is 3.44. The number of nitrogens with zero attached hydrogens (tertiary/aromatic N) is 5. The van der Waals surface area contributed by atoms with Gasteiger partial charge in [0.1, 0.15) is 18.0 Å². The molecule has 0 bridgehead atoms. The van der Waals surface area contributed by atoms with Gasteiger partial charge in [0.05, 0.1) is 0 Å². The predicted octanol–water partition coefficient (Wildman–Crippen LogP) is 0.736. The second kappa shape index (κ2) is 2.63. The highest BCUT2D eigenvalue weighted by Gasteiger charge is 2.03. The van der Waals surface area contributed by atoms with Crippen LogP contribution in [0.2, 0.25) is 0 Å². The average Bonchev–Trinajstić information content (AvgIpc) is 2.58. The van der Waals surface area contributed by atoms with Crippen molar-refractivity contribution in [3.8, 4) is 5.13 Å². The van der Waals surface area contributed by atoms with Gasteiger partial charge in [-0.1, -0.05) is 0 Å². The van der Waals surface area contributed by atoms with Crippen LogP contribution >= 0.6 is 11.5 Å². The molecule has 2 aromatic heterocycles. The molecule has 0 atom stereocenters. The molecule has 2 rings (SSSR count). The third-order valence-corrected chi connectivity index (χ3v) is 2.12. The van der Waals surface area contributed by atoms with E-state index >= 15 is 0 Å². The molecule has 0 aromatic carbocycles. The zero-order valence-electron chi connectivity index (χ0n) is 6.72. The van der Waals surface area contributed by atoms with E-state index in [1.165, 1.54) is 11.5 Å². The summed E-state index contributed by atoms with van der Waals surface area (Å²) in [7, 11) is 0. The van der Waals surface area contributed by atoms with Gasteiger partial charge in [0.25, 0.3) is 0 Å². The van der Waals surface area contributed by atoms with Gasteiger partial charge in [-0.15, -0.1) is 5.10 Å². The summed E-state index contributed by atoms with van der Waals surface area (Å²) < 4.78 is 5.67. The monoisotopic (exact) mass is 181 g/mol. The molecule has 0 radical (unpaired) electrons. The fourth-order valence-corrected chi connectivity index (χ4v) is 1.42. The Balaban J connectivity index is 2.43. The van der Waals surface area contributed by atoms with Crippen molar-refractivity contribution in [3.05, 3.63) is 18.0 Å². The SMILES string of the molecule is Cc1nsc(-n2cnc(C)n2)n1. The lowest BCUT2D eigenvalue weighted by atomic mass is 10.7. The Morgan fingerprint density at radius 2 is 2.17 bits per heavy atom. The van der Waals surface area contributed by atoms with Crippen LogP contribution in [-0.2, 0) is 0 Å². The van der Waals surface area contributed by atoms with Crippen molar-refractivity contribution in [1.82, 2.24) is 24.1 Å². The van der Waals surface area contributed by atoms with Crippen LogP contribution in [0.15, 0.2) is 6.33 Å². The molecular formula is C6H7N5S. The minimum atomic E-state index is 0.739. The van der Waals surface area contributed by atoms with Gasteiger partial charge >= 0.3 is 0 Å². The minimum Gasteiger partial charge on any atom is -0.220 e. The Kier molecular flexibility index (Phi) is 1.61. The van der Waals surface area contributed by atoms with Crippen LogP contribution in [0.1, 0.15) is 11.6 Å². The van der Waals surface area contributed by atoms with E-state index in [9.17, 15) is 0 Å². The predicted molar refractivity (Wildman–Crippen MR) is 44.3 cm³/mol. The quantitative estimate of drug-likeness (QED) is 0.651. The number of hydrogen-bond acceptors (Lipinski definition) is 5. The summed E-state index contributed by atoms with van der Waals surface area (Å²) in [5.74, 6) is 1.51. The third-order valence-electron chi connectivity index (χ3n) is 1.32. The molecule has 0 spiro atoms. The van der Waals surface area contributed by atoms with E-state index < -0.39 is 0 Å². The van der Waals surface area contributed by atoms with Crippen molar-refractivity contribution in [2.75, 3.05) is 0 Å². The average molecular weight is 181 g/mol. The molecule has 0 unspecified atom stereocenters. The van der Waals surface area contributed by atoms with Gasteiger partial charge in [0.15, 0.2) is 0 Å². The number of hydrogen-bond donors (Lipinski definition) is 0. The van der Waals surface area contributed by atoms with Crippen LogP contribution in [0.4, 0.5) is 0 Å². The van der Waals surface area contributed by atoms with Gasteiger partial charge in [-0.25, -0.2) is 9.97 Å². The van der Waals surface area contributed by atoms with Gasteiger partial charge in [0.2, 0.25) is 5.13 Å². The van der Waals surface area contributed by atoms with E-state index in [1.807, 2.05) is 13.8 Å². The van der Waals surface area contributed by atoms with Crippen LogP contribution in [0, 0.1) is 13.8 Å². The van der Waals surface area contributed by atoms with E-state index in [0.717, 1.165) is 16.8 Å². The zero-order valence-corrected chi connectivity index (χ0v) is 7.54. The maximum absolute atomic E-state index is 4.16. The lowest BCUT2D eigenvalue weighted by Crippen LogP contribution is -1.93. The molecule has 0 aliphatic rings. The molecule has 0 saturated heterocycles. The second-order valence-electron chi connectivity index (χ2n) is 2.36. The highest BCUT2D eigenvalue weighted by Crippen LogP contribution is 2.08. The lowest BCUT2D eigenvalue weighted by molar-refractivity contribution is 0.848. The number of rotatable bonds is 1. The fraction of sp³-hybridized carbons (Fsp3) is 0.333. The summed E-state index contributed by atoms with van der Waals surface area (Å²) in [5.41, 5.74) is 0. The van der Waals surface area contributed by atoms with Crippen LogP contribution in [-0.4, -0.2) is 24.1 Å². The Hall–Kier alpha value is -1.30. The number of aryl methyl sites for hydroxylation is 2. The molecule has 2 aromatic rings. The largest absolute Gasteiger partial charge is 0.231 e. The van der Waals surface area contributed by atoms with Crippen molar-refractivity contribution < 1.29 is 0 Å². The molecule has 0 saturated carbocycles. The van der Waals surface area contributed by atoms with E-state index in [2.05, 4.69) is 19.4 Å². The molecule has 0 aliphatic carbocycles. The molecular weight excluding hydrogens is 174 g/mol. The normalized spacial score (nSPS) is 10.5. The Labute approximate surface area is 73.3 Å². The standard InChI is InChI=1S/C6H7N5S/c1-4-7-3-11(9-4)6-8-5(2)10-12-6/h3H,1-2H3. The molecule has 0 fully saturated rings. The summed E-state index contributed by atoms with van der Waals surface area (Å²) in [5, 5.41) is 4.87. The minimum absolute atomic E-state index is 0.739. The first-order chi connectivity index (χ1) is 5.75. The maximum atomic E-state index is 4.16. The Morgan fingerprint density at radius 1 is 1.33 bits per heavy atom. The van der Waals surface area contributed by atoms with Crippen LogP contribution in [0.3, 0.4) is 0 Å². The van der Waals surface area contributed by atoms with E-state index in [-0.39, 0.29) is 0 Å². The van der Waals surface area contributed by atoms with Crippen molar-refractivity contribution in [3.63, 3.8) is 0 Å². The summed E-state index contributed by atoms with van der Waals surface area (Å²) in [6, 6.07) is 0. The van der Waals surface area contributed by atoms with Gasteiger partial charge in [-0.3, -0.25) is 0 Å².